The number of rotatable bonds is 6. The van der Waals surface area contributed by atoms with Crippen molar-refractivity contribution >= 4 is 18.0 Å². The number of nitrogens with one attached hydrogen (secondary N) is 1. The molecular formula is C25H31NO5. The number of fused-ring (bicyclic) bond motifs is 1. The van der Waals surface area contributed by atoms with E-state index in [-0.39, 0.29) is 17.9 Å². The second-order valence-electron chi connectivity index (χ2n) is 9.89. The normalized spacial score (nSPS) is 30.8. The molecule has 1 aromatic rings. The molecule has 1 aliphatic heterocycles. The molecule has 0 aromatic heterocycles. The van der Waals surface area contributed by atoms with Gasteiger partial charge >= 0.3 is 5.97 Å². The molecule has 5 aliphatic rings. The molecule has 0 spiro atoms. The van der Waals surface area contributed by atoms with Crippen molar-refractivity contribution in [1.29, 1.82) is 0 Å². The third kappa shape index (κ3) is 4.73. The monoisotopic (exact) mass is 425 g/mol. The van der Waals surface area contributed by atoms with Gasteiger partial charge in [-0.05, 0) is 85.5 Å². The Balaban J connectivity index is 1.08. The first-order valence-corrected chi connectivity index (χ1v) is 11.6. The van der Waals surface area contributed by atoms with Gasteiger partial charge in [0.05, 0.1) is 13.2 Å². The highest BCUT2D eigenvalue weighted by molar-refractivity contribution is 5.89. The average molecular weight is 426 g/mol. The first kappa shape index (κ1) is 20.4. The van der Waals surface area contributed by atoms with E-state index in [0.717, 1.165) is 36.3 Å². The maximum atomic E-state index is 12.3. The summed E-state index contributed by atoms with van der Waals surface area (Å²) in [5, 5.41) is 3.04. The number of esters is 1. The second-order valence-corrected chi connectivity index (χ2v) is 9.89. The maximum Gasteiger partial charge on any atom is 0.331 e. The summed E-state index contributed by atoms with van der Waals surface area (Å²) in [6.45, 7) is 1.73. The lowest BCUT2D eigenvalue weighted by molar-refractivity contribution is -0.144. The van der Waals surface area contributed by atoms with Gasteiger partial charge in [0, 0.05) is 19.0 Å². The van der Waals surface area contributed by atoms with Crippen LogP contribution in [0.2, 0.25) is 0 Å². The topological polar surface area (TPSA) is 73.9 Å². The Hall–Kier alpha value is -2.50. The second kappa shape index (κ2) is 8.56. The Morgan fingerprint density at radius 3 is 2.42 bits per heavy atom. The van der Waals surface area contributed by atoms with Crippen LogP contribution in [0, 0.1) is 23.2 Å². The number of hydrogen-bond donors (Lipinski definition) is 1. The van der Waals surface area contributed by atoms with Crippen LogP contribution in [0.3, 0.4) is 0 Å². The molecule has 166 valence electrons. The molecule has 0 radical (unpaired) electrons. The van der Waals surface area contributed by atoms with E-state index >= 15 is 0 Å². The Morgan fingerprint density at radius 2 is 1.71 bits per heavy atom. The van der Waals surface area contributed by atoms with Crippen LogP contribution in [0.1, 0.15) is 50.5 Å². The van der Waals surface area contributed by atoms with Gasteiger partial charge < -0.3 is 19.5 Å². The van der Waals surface area contributed by atoms with Crippen LogP contribution in [0.5, 0.6) is 11.5 Å². The fourth-order valence-electron chi connectivity index (χ4n) is 6.48. The van der Waals surface area contributed by atoms with Gasteiger partial charge in [-0.2, -0.15) is 0 Å². The molecule has 4 fully saturated rings. The first-order valence-electron chi connectivity index (χ1n) is 11.6. The first-order chi connectivity index (χ1) is 15.1. The SMILES string of the molecule is O=C(COC(=O)/C=C/c1ccc2c(c1)OCCCO2)NCC12CC3CC(CC(C3)C1)C2. The highest BCUT2D eigenvalue weighted by atomic mass is 16.5. The van der Waals surface area contributed by atoms with Gasteiger partial charge in [-0.1, -0.05) is 6.07 Å². The minimum Gasteiger partial charge on any atom is -0.490 e. The van der Waals surface area contributed by atoms with E-state index in [1.54, 1.807) is 6.08 Å². The molecule has 1 amide bonds. The fourth-order valence-corrected chi connectivity index (χ4v) is 6.48. The van der Waals surface area contributed by atoms with Crippen LogP contribution in [-0.4, -0.2) is 38.2 Å². The molecular weight excluding hydrogens is 394 g/mol. The summed E-state index contributed by atoms with van der Waals surface area (Å²) in [6.07, 6.45) is 11.8. The largest absolute Gasteiger partial charge is 0.490 e. The van der Waals surface area contributed by atoms with E-state index in [4.69, 9.17) is 14.2 Å². The number of carbonyl (C=O) groups is 2. The number of carbonyl (C=O) groups excluding carboxylic acids is 2. The van der Waals surface area contributed by atoms with Gasteiger partial charge in [-0.15, -0.1) is 0 Å². The highest BCUT2D eigenvalue weighted by Gasteiger charge is 2.50. The van der Waals surface area contributed by atoms with E-state index in [1.807, 2.05) is 18.2 Å². The molecule has 6 heteroatoms. The van der Waals surface area contributed by atoms with Crippen LogP contribution in [-0.2, 0) is 14.3 Å². The van der Waals surface area contributed by atoms with E-state index in [9.17, 15) is 9.59 Å². The van der Waals surface area contributed by atoms with Gasteiger partial charge in [-0.3, -0.25) is 4.79 Å². The zero-order valence-corrected chi connectivity index (χ0v) is 17.9. The van der Waals surface area contributed by atoms with Crippen LogP contribution < -0.4 is 14.8 Å². The molecule has 1 heterocycles. The quantitative estimate of drug-likeness (QED) is 0.555. The predicted octanol–water partition coefficient (Wildman–Crippen LogP) is 3.74. The third-order valence-electron chi connectivity index (χ3n) is 7.35. The van der Waals surface area contributed by atoms with Gasteiger partial charge in [0.15, 0.2) is 18.1 Å². The maximum absolute atomic E-state index is 12.3. The van der Waals surface area contributed by atoms with E-state index in [0.29, 0.717) is 24.7 Å². The molecule has 0 atom stereocenters. The van der Waals surface area contributed by atoms with Gasteiger partial charge in [0.1, 0.15) is 0 Å². The molecule has 0 saturated heterocycles. The zero-order valence-electron chi connectivity index (χ0n) is 17.9. The summed E-state index contributed by atoms with van der Waals surface area (Å²) in [6, 6.07) is 5.53. The minimum absolute atomic E-state index is 0.215. The summed E-state index contributed by atoms with van der Waals surface area (Å²) in [5.74, 6) is 3.22. The van der Waals surface area contributed by atoms with Crippen LogP contribution in [0.4, 0.5) is 0 Å². The van der Waals surface area contributed by atoms with Crippen molar-refractivity contribution in [3.8, 4) is 11.5 Å². The Morgan fingerprint density at radius 1 is 1.03 bits per heavy atom. The van der Waals surface area contributed by atoms with Crippen LogP contribution in [0.25, 0.3) is 6.08 Å². The van der Waals surface area contributed by atoms with Gasteiger partial charge in [0.25, 0.3) is 5.91 Å². The number of ether oxygens (including phenoxy) is 3. The van der Waals surface area contributed by atoms with Gasteiger partial charge in [-0.25, -0.2) is 4.79 Å². The van der Waals surface area contributed by atoms with E-state index < -0.39 is 5.97 Å². The fraction of sp³-hybridized carbons (Fsp3) is 0.600. The standard InChI is InChI=1S/C25H31NO5/c27-23(26-16-25-12-18-8-19(13-25)10-20(9-18)14-25)15-31-24(28)5-3-17-2-4-21-22(11-17)30-7-1-6-29-21/h2-5,11,18-20H,1,6-10,12-16H2,(H,26,27)/b5-3+. The Kier molecular flexibility index (Phi) is 5.63. The molecule has 4 bridgehead atoms. The van der Waals surface area contributed by atoms with Crippen molar-refractivity contribution in [3.05, 3.63) is 29.8 Å². The van der Waals surface area contributed by atoms with Crippen molar-refractivity contribution in [1.82, 2.24) is 5.32 Å². The summed E-state index contributed by atoms with van der Waals surface area (Å²) in [4.78, 5) is 24.3. The van der Waals surface area contributed by atoms with Crippen molar-refractivity contribution in [2.24, 2.45) is 23.2 Å². The number of amides is 1. The molecule has 4 aliphatic carbocycles. The van der Waals surface area contributed by atoms with Crippen LogP contribution >= 0.6 is 0 Å². The summed E-state index contributed by atoms with van der Waals surface area (Å²) >= 11 is 0. The summed E-state index contributed by atoms with van der Waals surface area (Å²) in [5.41, 5.74) is 1.10. The molecule has 6 nitrogen and oxygen atoms in total. The highest BCUT2D eigenvalue weighted by Crippen LogP contribution is 2.59. The van der Waals surface area contributed by atoms with Crippen molar-refractivity contribution in [2.75, 3.05) is 26.4 Å². The molecule has 1 aromatic carbocycles. The number of hydrogen-bond acceptors (Lipinski definition) is 5. The van der Waals surface area contributed by atoms with E-state index in [1.165, 1.54) is 44.6 Å². The lowest BCUT2D eigenvalue weighted by Gasteiger charge is -2.56. The van der Waals surface area contributed by atoms with Gasteiger partial charge in [0.2, 0.25) is 0 Å². The zero-order chi connectivity index (χ0) is 21.3. The van der Waals surface area contributed by atoms with Crippen LogP contribution in [0.15, 0.2) is 24.3 Å². The summed E-state index contributed by atoms with van der Waals surface area (Å²) in [7, 11) is 0. The average Bonchev–Trinajstić information content (AvgIpc) is 2.99. The lowest BCUT2D eigenvalue weighted by atomic mass is 9.49. The van der Waals surface area contributed by atoms with Crippen molar-refractivity contribution in [3.63, 3.8) is 0 Å². The lowest BCUT2D eigenvalue weighted by Crippen LogP contribution is -2.51. The third-order valence-corrected chi connectivity index (χ3v) is 7.35. The number of benzene rings is 1. The van der Waals surface area contributed by atoms with Crippen molar-refractivity contribution < 1.29 is 23.8 Å². The summed E-state index contributed by atoms with van der Waals surface area (Å²) < 4.78 is 16.4. The van der Waals surface area contributed by atoms with E-state index in [2.05, 4.69) is 5.32 Å². The predicted molar refractivity (Wildman–Crippen MR) is 116 cm³/mol. The Bertz CT molecular complexity index is 841. The molecule has 1 N–H and O–H groups in total. The van der Waals surface area contributed by atoms with Crippen molar-refractivity contribution in [2.45, 2.75) is 44.9 Å². The smallest absolute Gasteiger partial charge is 0.331 e. The Labute approximate surface area is 183 Å². The molecule has 31 heavy (non-hydrogen) atoms. The molecule has 0 unspecified atom stereocenters. The molecule has 6 rings (SSSR count). The minimum atomic E-state index is -0.530. The molecule has 4 saturated carbocycles.